The normalized spacial score (nSPS) is 25.4. The molecule has 14 nitrogen and oxygen atoms in total. The molecular formula is C47H53N5O9. The Balaban J connectivity index is 0.794. The molecule has 1 unspecified atom stereocenters. The van der Waals surface area contributed by atoms with Crippen LogP contribution < -0.4 is 29.7 Å². The minimum atomic E-state index is -1.07. The van der Waals surface area contributed by atoms with Crippen molar-refractivity contribution in [2.45, 2.75) is 117 Å². The number of nitriles is 1. The molecule has 3 heterocycles. The van der Waals surface area contributed by atoms with E-state index in [2.05, 4.69) is 49.3 Å². The summed E-state index contributed by atoms with van der Waals surface area (Å²) in [6, 6.07) is 15.8. The number of piperidine rings is 2. The number of imide groups is 2. The van der Waals surface area contributed by atoms with Gasteiger partial charge in [0.2, 0.25) is 11.8 Å². The number of nitrogens with zero attached hydrogens (tertiary/aromatic N) is 3. The van der Waals surface area contributed by atoms with Gasteiger partial charge in [0, 0.05) is 66.5 Å². The number of rotatable bonds is 11. The monoisotopic (exact) mass is 831 g/mol. The van der Waals surface area contributed by atoms with Crippen molar-refractivity contribution < 1.29 is 42.9 Å². The van der Waals surface area contributed by atoms with Crippen molar-refractivity contribution in [2.24, 2.45) is 10.8 Å². The summed E-state index contributed by atoms with van der Waals surface area (Å²) in [6.07, 6.45) is 3.06. The first kappa shape index (κ1) is 41.8. The number of amides is 5. The quantitative estimate of drug-likeness (QED) is 0.224. The lowest BCUT2D eigenvalue weighted by Crippen LogP contribution is -2.74. The maximum Gasteiger partial charge on any atom is 0.266 e. The molecule has 0 bridgehead atoms. The SMILES string of the molecule is COc1cc(OC2CC(OC3CCN(c4ccc(C(=O)NC5C(C)(C)C(Oc6cc(C)c(C#N)c(C)c6)C5(C)C)cc4)CC3)C2)cc2c1C(=O)N(C1CCC(=O)NC1=O)C2=O. The predicted molar refractivity (Wildman–Crippen MR) is 224 cm³/mol. The highest BCUT2D eigenvalue weighted by atomic mass is 16.5. The van der Waals surface area contributed by atoms with Crippen molar-refractivity contribution in [3.63, 3.8) is 0 Å². The van der Waals surface area contributed by atoms with Crippen LogP contribution in [0, 0.1) is 36.0 Å². The lowest BCUT2D eigenvalue weighted by atomic mass is 9.49. The van der Waals surface area contributed by atoms with E-state index in [0.717, 1.165) is 53.4 Å². The predicted octanol–water partition coefficient (Wildman–Crippen LogP) is 5.79. The van der Waals surface area contributed by atoms with Crippen LogP contribution in [0.4, 0.5) is 5.69 Å². The summed E-state index contributed by atoms with van der Waals surface area (Å²) in [5.41, 5.74) is 3.62. The molecule has 61 heavy (non-hydrogen) atoms. The second kappa shape index (κ2) is 15.8. The van der Waals surface area contributed by atoms with Gasteiger partial charge in [-0.3, -0.25) is 34.2 Å². The Morgan fingerprint density at radius 2 is 1.48 bits per heavy atom. The Labute approximate surface area is 355 Å². The van der Waals surface area contributed by atoms with E-state index < -0.39 is 29.7 Å². The molecule has 0 radical (unpaired) electrons. The molecule has 4 fully saturated rings. The molecule has 0 spiro atoms. The van der Waals surface area contributed by atoms with Crippen LogP contribution in [0.25, 0.3) is 0 Å². The van der Waals surface area contributed by atoms with E-state index in [1.165, 1.54) is 13.2 Å². The van der Waals surface area contributed by atoms with Gasteiger partial charge in [0.05, 0.1) is 42.1 Å². The zero-order chi connectivity index (χ0) is 43.5. The maximum absolute atomic E-state index is 13.5. The van der Waals surface area contributed by atoms with Crippen LogP contribution in [0.15, 0.2) is 48.5 Å². The second-order valence-corrected chi connectivity index (χ2v) is 18.3. The molecule has 2 saturated heterocycles. The number of nitrogens with one attached hydrogen (secondary N) is 2. The van der Waals surface area contributed by atoms with Gasteiger partial charge in [0.1, 0.15) is 35.5 Å². The van der Waals surface area contributed by atoms with Crippen molar-refractivity contribution in [1.82, 2.24) is 15.5 Å². The van der Waals surface area contributed by atoms with Gasteiger partial charge in [0.15, 0.2) is 0 Å². The van der Waals surface area contributed by atoms with E-state index in [0.29, 0.717) is 29.7 Å². The second-order valence-electron chi connectivity index (χ2n) is 18.3. The third-order valence-electron chi connectivity index (χ3n) is 13.4. The minimum absolute atomic E-state index is 0.0375. The van der Waals surface area contributed by atoms with Gasteiger partial charge < -0.3 is 29.2 Å². The van der Waals surface area contributed by atoms with Crippen molar-refractivity contribution in [1.29, 1.82) is 5.26 Å². The Hall–Kier alpha value is -5.94. The summed E-state index contributed by atoms with van der Waals surface area (Å²) < 4.78 is 24.7. The standard InChI is InChI=1S/C47H53N5O9/c1-25-18-30(19-26(2)35(25)24-48)61-45-46(3,4)44(47(45,5)6)50-40(54)27-8-10-28(11-9-27)51-16-14-29(15-17-51)59-31-20-32(21-31)60-33-22-34-39(37(23-33)58-7)43(57)52(42(34)56)36-12-13-38(53)49-41(36)55/h8-11,18-19,22-23,29,31-32,36,44-45H,12-17,20-21H2,1-7H3,(H,50,54)(H,49,53,55). The van der Waals surface area contributed by atoms with Crippen molar-refractivity contribution in [3.8, 4) is 23.3 Å². The van der Waals surface area contributed by atoms with Crippen molar-refractivity contribution >= 4 is 35.2 Å². The molecule has 14 heteroatoms. The average Bonchev–Trinajstić information content (AvgIpc) is 3.46. The van der Waals surface area contributed by atoms with Crippen LogP contribution in [0.1, 0.15) is 114 Å². The van der Waals surface area contributed by atoms with Gasteiger partial charge in [-0.05, 0) is 86.7 Å². The fraction of sp³-hybridized carbons (Fsp3) is 0.489. The first-order chi connectivity index (χ1) is 29.0. The molecule has 2 saturated carbocycles. The molecule has 3 aromatic rings. The molecule has 8 rings (SSSR count). The Kier molecular flexibility index (Phi) is 10.8. The van der Waals surface area contributed by atoms with Crippen molar-refractivity contribution in [2.75, 3.05) is 25.1 Å². The summed E-state index contributed by atoms with van der Waals surface area (Å²) in [4.78, 5) is 67.6. The number of fused-ring (bicyclic) bond motifs is 1. The maximum atomic E-state index is 13.5. The fourth-order valence-corrected chi connectivity index (χ4v) is 10.3. The highest BCUT2D eigenvalue weighted by Crippen LogP contribution is 2.55. The number of anilines is 1. The minimum Gasteiger partial charge on any atom is -0.496 e. The number of hydrogen-bond acceptors (Lipinski definition) is 11. The highest BCUT2D eigenvalue weighted by Gasteiger charge is 2.64. The summed E-state index contributed by atoms with van der Waals surface area (Å²) >= 11 is 0. The molecule has 3 aromatic carbocycles. The number of hydrogen-bond donors (Lipinski definition) is 2. The topological polar surface area (TPSA) is 177 Å². The molecule has 320 valence electrons. The molecule has 5 aliphatic rings. The number of carbonyl (C=O) groups excluding carboxylic acids is 5. The highest BCUT2D eigenvalue weighted by molar-refractivity contribution is 6.24. The van der Waals surface area contributed by atoms with Crippen LogP contribution in [-0.2, 0) is 14.3 Å². The largest absolute Gasteiger partial charge is 0.496 e. The Bertz CT molecular complexity index is 2300. The number of benzene rings is 3. The zero-order valence-corrected chi connectivity index (χ0v) is 35.8. The number of ether oxygens (including phenoxy) is 4. The molecule has 2 N–H and O–H groups in total. The number of methoxy groups -OCH3 is 1. The summed E-state index contributed by atoms with van der Waals surface area (Å²) in [5, 5.41) is 15.0. The first-order valence-electron chi connectivity index (χ1n) is 21.1. The third-order valence-corrected chi connectivity index (χ3v) is 13.4. The van der Waals surface area contributed by atoms with Gasteiger partial charge in [-0.2, -0.15) is 5.26 Å². The van der Waals surface area contributed by atoms with Gasteiger partial charge >= 0.3 is 0 Å². The summed E-state index contributed by atoms with van der Waals surface area (Å²) in [6.45, 7) is 14.0. The van der Waals surface area contributed by atoms with E-state index in [1.807, 2.05) is 50.2 Å². The summed E-state index contributed by atoms with van der Waals surface area (Å²) in [7, 11) is 1.41. The van der Waals surface area contributed by atoms with Gasteiger partial charge in [-0.25, -0.2) is 0 Å². The lowest BCUT2D eigenvalue weighted by molar-refractivity contribution is -0.164. The van der Waals surface area contributed by atoms with Crippen LogP contribution in [0.2, 0.25) is 0 Å². The van der Waals surface area contributed by atoms with Gasteiger partial charge in [0.25, 0.3) is 17.7 Å². The molecule has 2 aliphatic carbocycles. The Morgan fingerprint density at radius 3 is 2.08 bits per heavy atom. The van der Waals surface area contributed by atoms with E-state index in [9.17, 15) is 29.2 Å². The van der Waals surface area contributed by atoms with Crippen LogP contribution in [-0.4, -0.2) is 91.1 Å². The third kappa shape index (κ3) is 7.58. The smallest absolute Gasteiger partial charge is 0.266 e. The van der Waals surface area contributed by atoms with Crippen LogP contribution in [0.3, 0.4) is 0 Å². The van der Waals surface area contributed by atoms with Crippen LogP contribution >= 0.6 is 0 Å². The zero-order valence-electron chi connectivity index (χ0n) is 35.8. The number of carbonyl (C=O) groups is 5. The van der Waals surface area contributed by atoms with E-state index >= 15 is 0 Å². The first-order valence-corrected chi connectivity index (χ1v) is 21.1. The lowest BCUT2D eigenvalue weighted by Gasteiger charge is -2.63. The number of aryl methyl sites for hydroxylation is 2. The Morgan fingerprint density at radius 1 is 0.836 bits per heavy atom. The molecule has 0 aromatic heterocycles. The molecule has 3 aliphatic heterocycles. The van der Waals surface area contributed by atoms with E-state index in [4.69, 9.17) is 18.9 Å². The van der Waals surface area contributed by atoms with Gasteiger partial charge in [-0.15, -0.1) is 0 Å². The summed E-state index contributed by atoms with van der Waals surface area (Å²) in [5.74, 6) is -1.17. The van der Waals surface area contributed by atoms with Crippen molar-refractivity contribution in [3.05, 3.63) is 81.9 Å². The molecule has 5 amide bonds. The van der Waals surface area contributed by atoms with Gasteiger partial charge in [-0.1, -0.05) is 27.7 Å². The molecule has 1 atom stereocenters. The van der Waals surface area contributed by atoms with Crippen LogP contribution in [0.5, 0.6) is 17.2 Å². The fourth-order valence-electron chi connectivity index (χ4n) is 10.3. The molecular weight excluding hydrogens is 779 g/mol. The average molecular weight is 832 g/mol. The van der Waals surface area contributed by atoms with E-state index in [-0.39, 0.29) is 76.9 Å². The van der Waals surface area contributed by atoms with E-state index in [1.54, 1.807) is 6.07 Å².